The fraction of sp³-hybridized carbons (Fsp3) is 0.636. The van der Waals surface area contributed by atoms with E-state index in [1.165, 1.54) is 5.56 Å². The molecule has 1 N–H and O–H groups in total. The fourth-order valence-electron chi connectivity index (χ4n) is 3.08. The van der Waals surface area contributed by atoms with E-state index in [4.69, 9.17) is 0 Å². The molecule has 0 bridgehead atoms. The Balaban J connectivity index is 2.09. The summed E-state index contributed by atoms with van der Waals surface area (Å²) < 4.78 is 0. The van der Waals surface area contributed by atoms with Gasteiger partial charge in [-0.15, -0.1) is 11.8 Å². The van der Waals surface area contributed by atoms with Crippen molar-refractivity contribution in [2.45, 2.75) is 70.0 Å². The Bertz CT molecular complexity index is 704. The molecule has 2 rings (SSSR count). The number of thioether (sulfide) groups is 1. The van der Waals surface area contributed by atoms with Crippen LogP contribution >= 0.6 is 11.8 Å². The third kappa shape index (κ3) is 5.66. The second-order valence-electron chi connectivity index (χ2n) is 9.64. The Morgan fingerprint density at radius 1 is 1.14 bits per heavy atom. The Labute approximate surface area is 174 Å². The summed E-state index contributed by atoms with van der Waals surface area (Å²) in [6, 6.07) is 8.46. The first kappa shape index (κ1) is 22.6. The van der Waals surface area contributed by atoms with Gasteiger partial charge in [-0.1, -0.05) is 45.0 Å². The summed E-state index contributed by atoms with van der Waals surface area (Å²) in [6.45, 7) is 15.4. The zero-order valence-corrected chi connectivity index (χ0v) is 19.3. The molecule has 0 radical (unpaired) electrons. The maximum Gasteiger partial charge on any atom is 0.317 e. The molecule has 156 valence electrons. The topological polar surface area (TPSA) is 52.6 Å². The molecular weight excluding hydrogens is 370 g/mol. The van der Waals surface area contributed by atoms with Crippen molar-refractivity contribution in [3.63, 3.8) is 0 Å². The average Bonchev–Trinajstić information content (AvgIpc) is 2.85. The minimum atomic E-state index is -0.281. The lowest BCUT2D eigenvalue weighted by Gasteiger charge is -2.29. The van der Waals surface area contributed by atoms with E-state index in [-0.39, 0.29) is 33.5 Å². The van der Waals surface area contributed by atoms with Crippen LogP contribution in [-0.2, 0) is 10.2 Å². The van der Waals surface area contributed by atoms with Gasteiger partial charge in [-0.2, -0.15) is 0 Å². The van der Waals surface area contributed by atoms with Gasteiger partial charge in [0.05, 0.1) is 5.25 Å². The number of urea groups is 1. The predicted octanol–water partition coefficient (Wildman–Crippen LogP) is 4.39. The van der Waals surface area contributed by atoms with Crippen LogP contribution in [0.15, 0.2) is 24.3 Å². The molecule has 5 nitrogen and oxygen atoms in total. The van der Waals surface area contributed by atoms with E-state index in [0.29, 0.717) is 13.1 Å². The molecule has 0 spiro atoms. The Morgan fingerprint density at radius 2 is 1.71 bits per heavy atom. The third-order valence-corrected chi connectivity index (χ3v) is 6.21. The molecule has 0 saturated carbocycles. The van der Waals surface area contributed by atoms with Crippen LogP contribution in [-0.4, -0.2) is 52.7 Å². The van der Waals surface area contributed by atoms with Crippen molar-refractivity contribution in [3.8, 4) is 0 Å². The molecule has 0 aliphatic carbocycles. The summed E-state index contributed by atoms with van der Waals surface area (Å²) in [6.07, 6.45) is 0. The van der Waals surface area contributed by atoms with Crippen LogP contribution in [0.5, 0.6) is 0 Å². The van der Waals surface area contributed by atoms with Gasteiger partial charge in [-0.25, -0.2) is 4.79 Å². The van der Waals surface area contributed by atoms with Gasteiger partial charge in [0, 0.05) is 25.7 Å². The number of benzene rings is 1. The monoisotopic (exact) mass is 405 g/mol. The quantitative estimate of drug-likeness (QED) is 0.808. The molecule has 1 fully saturated rings. The molecule has 2 atom stereocenters. The highest BCUT2D eigenvalue weighted by Gasteiger charge is 2.38. The van der Waals surface area contributed by atoms with Gasteiger partial charge in [0.2, 0.25) is 5.91 Å². The molecule has 28 heavy (non-hydrogen) atoms. The van der Waals surface area contributed by atoms with Gasteiger partial charge in [0.25, 0.3) is 0 Å². The van der Waals surface area contributed by atoms with Gasteiger partial charge >= 0.3 is 6.03 Å². The van der Waals surface area contributed by atoms with E-state index in [2.05, 4.69) is 50.4 Å². The van der Waals surface area contributed by atoms with Crippen molar-refractivity contribution in [1.29, 1.82) is 0 Å². The minimum Gasteiger partial charge on any atom is -0.333 e. The van der Waals surface area contributed by atoms with Gasteiger partial charge in [0.1, 0.15) is 5.37 Å². The SMILES string of the molecule is C[C@H]1S[C@@H](c2ccc(C(C)(C)C)cc2)N(CCN(C)C(=O)NC(C)(C)C)C1=O. The van der Waals surface area contributed by atoms with Crippen molar-refractivity contribution in [3.05, 3.63) is 35.4 Å². The minimum absolute atomic E-state index is 0.00408. The van der Waals surface area contributed by atoms with Gasteiger partial charge < -0.3 is 15.1 Å². The number of carbonyl (C=O) groups excluding carboxylic acids is 2. The number of hydrogen-bond donors (Lipinski definition) is 1. The summed E-state index contributed by atoms with van der Waals surface area (Å²) in [7, 11) is 1.77. The molecule has 0 unspecified atom stereocenters. The molecule has 1 aliphatic rings. The Hall–Kier alpha value is -1.69. The van der Waals surface area contributed by atoms with Crippen molar-refractivity contribution < 1.29 is 9.59 Å². The maximum atomic E-state index is 12.7. The third-order valence-electron chi connectivity index (χ3n) is 4.81. The van der Waals surface area contributed by atoms with Crippen LogP contribution in [0.25, 0.3) is 0 Å². The van der Waals surface area contributed by atoms with E-state index in [1.807, 2.05) is 32.6 Å². The van der Waals surface area contributed by atoms with Gasteiger partial charge in [-0.05, 0) is 44.2 Å². The molecule has 1 saturated heterocycles. The van der Waals surface area contributed by atoms with Crippen molar-refractivity contribution in [2.75, 3.05) is 20.1 Å². The number of nitrogens with one attached hydrogen (secondary N) is 1. The number of nitrogens with zero attached hydrogens (tertiary/aromatic N) is 2. The first-order valence-electron chi connectivity index (χ1n) is 9.89. The number of likely N-dealkylation sites (N-methyl/N-ethyl adjacent to an activating group) is 1. The molecule has 3 amide bonds. The van der Waals surface area contributed by atoms with Crippen LogP contribution in [0.2, 0.25) is 0 Å². The fourth-order valence-corrected chi connectivity index (χ4v) is 4.39. The summed E-state index contributed by atoms with van der Waals surface area (Å²) in [5.74, 6) is 0.138. The van der Waals surface area contributed by atoms with E-state index in [9.17, 15) is 9.59 Å². The van der Waals surface area contributed by atoms with Crippen molar-refractivity contribution in [2.24, 2.45) is 0 Å². The van der Waals surface area contributed by atoms with Crippen LogP contribution in [0.3, 0.4) is 0 Å². The number of amides is 3. The zero-order chi connectivity index (χ0) is 21.3. The number of carbonyl (C=O) groups is 2. The highest BCUT2D eigenvalue weighted by molar-refractivity contribution is 8.01. The lowest BCUT2D eigenvalue weighted by molar-refractivity contribution is -0.129. The normalized spacial score (nSPS) is 20.4. The first-order valence-corrected chi connectivity index (χ1v) is 10.8. The highest BCUT2D eigenvalue weighted by Crippen LogP contribution is 2.43. The van der Waals surface area contributed by atoms with Gasteiger partial charge in [0.15, 0.2) is 0 Å². The summed E-state index contributed by atoms with van der Waals surface area (Å²) in [5.41, 5.74) is 2.24. The van der Waals surface area contributed by atoms with E-state index >= 15 is 0 Å². The standard InChI is InChI=1S/C22H35N3O2S/c1-15-18(26)25(14-13-24(8)20(27)23-22(5,6)7)19(28-15)16-9-11-17(12-10-16)21(2,3)4/h9-12,15,19H,13-14H2,1-8H3,(H,23,27)/t15-,19+/m1/s1. The second kappa shape index (κ2) is 8.36. The summed E-state index contributed by atoms with van der Waals surface area (Å²) in [5, 5.41) is 2.88. The van der Waals surface area contributed by atoms with Crippen molar-refractivity contribution in [1.82, 2.24) is 15.1 Å². The Kier molecular flexibility index (Phi) is 6.74. The van der Waals surface area contributed by atoms with E-state index < -0.39 is 0 Å². The smallest absolute Gasteiger partial charge is 0.317 e. The Morgan fingerprint density at radius 3 is 2.21 bits per heavy atom. The largest absolute Gasteiger partial charge is 0.333 e. The molecule has 1 aromatic carbocycles. The predicted molar refractivity (Wildman–Crippen MR) is 118 cm³/mol. The van der Waals surface area contributed by atoms with Crippen LogP contribution in [0.1, 0.15) is 65.0 Å². The summed E-state index contributed by atoms with van der Waals surface area (Å²) >= 11 is 1.68. The van der Waals surface area contributed by atoms with E-state index in [1.54, 1.807) is 23.7 Å². The van der Waals surface area contributed by atoms with Crippen LogP contribution in [0.4, 0.5) is 4.79 Å². The zero-order valence-electron chi connectivity index (χ0n) is 18.5. The van der Waals surface area contributed by atoms with Gasteiger partial charge in [-0.3, -0.25) is 4.79 Å². The molecule has 0 aromatic heterocycles. The van der Waals surface area contributed by atoms with Crippen LogP contribution in [0, 0.1) is 0 Å². The molecule has 1 aromatic rings. The maximum absolute atomic E-state index is 12.7. The number of rotatable bonds is 4. The van der Waals surface area contributed by atoms with E-state index in [0.717, 1.165) is 5.56 Å². The number of hydrogen-bond acceptors (Lipinski definition) is 3. The second-order valence-corrected chi connectivity index (χ2v) is 11.1. The molecular formula is C22H35N3O2S. The molecule has 1 heterocycles. The molecule has 1 aliphatic heterocycles. The average molecular weight is 406 g/mol. The van der Waals surface area contributed by atoms with Crippen molar-refractivity contribution >= 4 is 23.7 Å². The van der Waals surface area contributed by atoms with Crippen LogP contribution < -0.4 is 5.32 Å². The lowest BCUT2D eigenvalue weighted by Crippen LogP contribution is -2.49. The first-order chi connectivity index (χ1) is 12.8. The highest BCUT2D eigenvalue weighted by atomic mass is 32.2. The summed E-state index contributed by atoms with van der Waals surface area (Å²) in [4.78, 5) is 28.6. The lowest BCUT2D eigenvalue weighted by atomic mass is 9.86. The molecule has 6 heteroatoms.